The summed E-state index contributed by atoms with van der Waals surface area (Å²) >= 11 is 0. The van der Waals surface area contributed by atoms with Crippen LogP contribution in [0.25, 0.3) is 10.9 Å². The topological polar surface area (TPSA) is 104 Å². The fourth-order valence-corrected chi connectivity index (χ4v) is 3.31. The number of nitrogens with one attached hydrogen (secondary N) is 2. The molecule has 1 saturated heterocycles. The molecule has 3 aromatic rings. The summed E-state index contributed by atoms with van der Waals surface area (Å²) in [6.07, 6.45) is 3.42. The van der Waals surface area contributed by atoms with Crippen LogP contribution in [0.5, 0.6) is 5.75 Å². The number of amides is 1. The van der Waals surface area contributed by atoms with Crippen LogP contribution >= 0.6 is 0 Å². The molecular formula is C22H21N3O4. The number of pyridine rings is 1. The number of aromatic hydroxyl groups is 1. The summed E-state index contributed by atoms with van der Waals surface area (Å²) in [5.41, 5.74) is 1.31. The molecule has 0 bridgehead atoms. The van der Waals surface area contributed by atoms with E-state index in [9.17, 15) is 14.7 Å². The van der Waals surface area contributed by atoms with E-state index in [4.69, 9.17) is 4.74 Å². The lowest BCUT2D eigenvalue weighted by molar-refractivity contribution is 0.0858. The number of H-pyrrole nitrogens is 1. The average molecular weight is 391 g/mol. The van der Waals surface area contributed by atoms with Gasteiger partial charge in [-0.1, -0.05) is 12.1 Å². The van der Waals surface area contributed by atoms with Crippen LogP contribution in [0, 0.1) is 0 Å². The summed E-state index contributed by atoms with van der Waals surface area (Å²) < 4.78 is 5.50. The van der Waals surface area contributed by atoms with Gasteiger partial charge in [-0.05, 0) is 49.2 Å². The van der Waals surface area contributed by atoms with Crippen molar-refractivity contribution in [2.75, 3.05) is 13.2 Å². The van der Waals surface area contributed by atoms with Gasteiger partial charge in [0.15, 0.2) is 0 Å². The highest BCUT2D eigenvalue weighted by molar-refractivity contribution is 5.96. The van der Waals surface area contributed by atoms with Gasteiger partial charge >= 0.3 is 0 Å². The molecule has 7 heteroatoms. The molecule has 1 aliphatic rings. The molecule has 2 heterocycles. The Hall–Kier alpha value is -3.45. The van der Waals surface area contributed by atoms with Crippen LogP contribution in [0.15, 0.2) is 58.3 Å². The summed E-state index contributed by atoms with van der Waals surface area (Å²) in [7, 11) is 0. The molecule has 0 unspecified atom stereocenters. The lowest BCUT2D eigenvalue weighted by Gasteiger charge is -2.10. The minimum absolute atomic E-state index is 0.0853. The molecule has 0 aliphatic carbocycles. The number of benzene rings is 2. The number of aromatic amines is 1. The zero-order valence-electron chi connectivity index (χ0n) is 15.7. The number of nitrogens with zero attached hydrogens (tertiary/aromatic N) is 1. The van der Waals surface area contributed by atoms with Crippen molar-refractivity contribution in [1.82, 2.24) is 10.3 Å². The predicted molar refractivity (Wildman–Crippen MR) is 111 cm³/mol. The second kappa shape index (κ2) is 8.28. The Kier molecular flexibility index (Phi) is 5.39. The molecule has 0 radical (unpaired) electrons. The lowest BCUT2D eigenvalue weighted by Crippen LogP contribution is -2.31. The third-order valence-electron chi connectivity index (χ3n) is 4.92. The molecule has 1 atom stereocenters. The van der Waals surface area contributed by atoms with Crippen LogP contribution < -0.4 is 10.9 Å². The van der Waals surface area contributed by atoms with Gasteiger partial charge < -0.3 is 20.1 Å². The second-order valence-corrected chi connectivity index (χ2v) is 6.91. The highest BCUT2D eigenvalue weighted by Crippen LogP contribution is 2.24. The summed E-state index contributed by atoms with van der Waals surface area (Å²) in [4.78, 5) is 31.4. The molecule has 3 N–H and O–H groups in total. The third kappa shape index (κ3) is 4.20. The number of ether oxygens (including phenoxy) is 1. The van der Waals surface area contributed by atoms with E-state index in [1.807, 2.05) is 0 Å². The highest BCUT2D eigenvalue weighted by Gasteiger charge is 2.16. The molecule has 4 rings (SSSR count). The number of aliphatic imine (C=N–C) groups is 1. The number of hydrogen-bond acceptors (Lipinski definition) is 5. The van der Waals surface area contributed by atoms with Gasteiger partial charge in [-0.2, -0.15) is 0 Å². The van der Waals surface area contributed by atoms with Crippen LogP contribution in [0.1, 0.15) is 28.8 Å². The number of fused-ring (bicyclic) bond motifs is 1. The molecule has 0 spiro atoms. The van der Waals surface area contributed by atoms with Gasteiger partial charge in [0, 0.05) is 30.3 Å². The van der Waals surface area contributed by atoms with Gasteiger partial charge in [0.1, 0.15) is 11.3 Å². The third-order valence-corrected chi connectivity index (χ3v) is 4.92. The first-order chi connectivity index (χ1) is 14.1. The number of aromatic nitrogens is 1. The fraction of sp³-hybridized carbons (Fsp3) is 0.227. The van der Waals surface area contributed by atoms with Crippen LogP contribution in [0.2, 0.25) is 0 Å². The molecule has 1 aliphatic heterocycles. The Bertz CT molecular complexity index is 1110. The minimum Gasteiger partial charge on any atom is -0.506 e. The summed E-state index contributed by atoms with van der Waals surface area (Å²) in [6.45, 7) is 1.26. The maximum Gasteiger partial charge on any atom is 0.261 e. The smallest absolute Gasteiger partial charge is 0.261 e. The maximum absolute atomic E-state index is 12.2. The molecule has 1 amide bonds. The largest absolute Gasteiger partial charge is 0.506 e. The van der Waals surface area contributed by atoms with Gasteiger partial charge in [-0.25, -0.2) is 0 Å². The summed E-state index contributed by atoms with van der Waals surface area (Å²) in [5, 5.41) is 13.8. The van der Waals surface area contributed by atoms with Crippen LogP contribution in [0.4, 0.5) is 5.69 Å². The van der Waals surface area contributed by atoms with Crippen molar-refractivity contribution in [3.05, 3.63) is 70.0 Å². The minimum atomic E-state index is -0.421. The molecule has 0 saturated carbocycles. The maximum atomic E-state index is 12.2. The standard InChI is InChI=1S/C22H21N3O4/c26-20-17-5-1-2-6-19(17)25-22(28)18(20)13-23-15-9-7-14(8-10-15)21(27)24-12-16-4-3-11-29-16/h1-2,5-10,13,16H,3-4,11-12H2,(H,24,27)(H2,25,26,28)/t16-/m1/s1. The number of carbonyl (C=O) groups is 1. The van der Waals surface area contributed by atoms with Crippen molar-refractivity contribution in [2.24, 2.45) is 4.99 Å². The van der Waals surface area contributed by atoms with Gasteiger partial charge in [-0.15, -0.1) is 0 Å². The first-order valence-corrected chi connectivity index (χ1v) is 9.50. The first kappa shape index (κ1) is 18.9. The monoisotopic (exact) mass is 391 g/mol. The fourth-order valence-electron chi connectivity index (χ4n) is 3.31. The van der Waals surface area contributed by atoms with Gasteiger partial charge in [0.05, 0.1) is 17.3 Å². The van der Waals surface area contributed by atoms with E-state index in [0.717, 1.165) is 19.4 Å². The average Bonchev–Trinajstić information content (AvgIpc) is 3.26. The molecule has 29 heavy (non-hydrogen) atoms. The van der Waals surface area contributed by atoms with Crippen molar-refractivity contribution in [3.63, 3.8) is 0 Å². The van der Waals surface area contributed by atoms with Gasteiger partial charge in [0.2, 0.25) is 0 Å². The number of rotatable bonds is 5. The van der Waals surface area contributed by atoms with Crippen molar-refractivity contribution in [1.29, 1.82) is 0 Å². The van der Waals surface area contributed by atoms with E-state index in [-0.39, 0.29) is 23.3 Å². The molecule has 2 aromatic carbocycles. The SMILES string of the molecule is O=C(NC[C@H]1CCCO1)c1ccc(N=Cc2c(O)c3ccccc3[nH]c2=O)cc1. The quantitative estimate of drug-likeness (QED) is 0.582. The normalized spacial score (nSPS) is 16.5. The Morgan fingerprint density at radius 2 is 2.03 bits per heavy atom. The zero-order chi connectivity index (χ0) is 20.2. The Morgan fingerprint density at radius 1 is 1.24 bits per heavy atom. The zero-order valence-corrected chi connectivity index (χ0v) is 15.7. The number of para-hydroxylation sites is 1. The van der Waals surface area contributed by atoms with Crippen LogP contribution in [0.3, 0.4) is 0 Å². The van der Waals surface area contributed by atoms with Crippen molar-refractivity contribution in [2.45, 2.75) is 18.9 Å². The van der Waals surface area contributed by atoms with Crippen LogP contribution in [-0.2, 0) is 4.74 Å². The molecule has 7 nitrogen and oxygen atoms in total. The molecular weight excluding hydrogens is 370 g/mol. The van der Waals surface area contributed by atoms with E-state index in [1.54, 1.807) is 48.5 Å². The molecule has 148 valence electrons. The second-order valence-electron chi connectivity index (χ2n) is 6.91. The van der Waals surface area contributed by atoms with Gasteiger partial charge in [-0.3, -0.25) is 14.6 Å². The van der Waals surface area contributed by atoms with E-state index in [0.29, 0.717) is 28.7 Å². The Labute approximate surface area is 167 Å². The number of carbonyl (C=O) groups excluding carboxylic acids is 1. The predicted octanol–water partition coefficient (Wildman–Crippen LogP) is 2.89. The van der Waals surface area contributed by atoms with E-state index < -0.39 is 5.56 Å². The van der Waals surface area contributed by atoms with Crippen molar-refractivity contribution in [3.8, 4) is 5.75 Å². The van der Waals surface area contributed by atoms with E-state index >= 15 is 0 Å². The first-order valence-electron chi connectivity index (χ1n) is 9.50. The van der Waals surface area contributed by atoms with Gasteiger partial charge in [0.25, 0.3) is 11.5 Å². The lowest BCUT2D eigenvalue weighted by atomic mass is 10.1. The Morgan fingerprint density at radius 3 is 2.79 bits per heavy atom. The van der Waals surface area contributed by atoms with Crippen molar-refractivity contribution < 1.29 is 14.6 Å². The number of hydrogen-bond donors (Lipinski definition) is 3. The summed E-state index contributed by atoms with van der Waals surface area (Å²) in [5.74, 6) is -0.280. The van der Waals surface area contributed by atoms with E-state index in [2.05, 4.69) is 15.3 Å². The van der Waals surface area contributed by atoms with E-state index in [1.165, 1.54) is 6.21 Å². The Balaban J connectivity index is 1.47. The van der Waals surface area contributed by atoms with Crippen LogP contribution in [-0.4, -0.2) is 41.5 Å². The highest BCUT2D eigenvalue weighted by atomic mass is 16.5. The molecule has 1 fully saturated rings. The summed E-state index contributed by atoms with van der Waals surface area (Å²) in [6, 6.07) is 13.7. The molecule has 1 aromatic heterocycles. The van der Waals surface area contributed by atoms with Crippen molar-refractivity contribution >= 4 is 28.7 Å².